The van der Waals surface area contributed by atoms with E-state index in [1.54, 1.807) is 12.1 Å². The molecule has 16 heavy (non-hydrogen) atoms. The number of rotatable bonds is 2. The zero-order valence-electron chi connectivity index (χ0n) is 9.16. The van der Waals surface area contributed by atoms with Crippen molar-refractivity contribution in [3.8, 4) is 0 Å². The molecule has 0 amide bonds. The normalized spacial score (nSPS) is 20.7. The third-order valence-electron chi connectivity index (χ3n) is 2.72. The molecule has 2 rings (SSSR count). The Morgan fingerprint density at radius 2 is 2.19 bits per heavy atom. The zero-order valence-corrected chi connectivity index (χ0v) is 9.97. The predicted molar refractivity (Wildman–Crippen MR) is 68.3 cm³/mol. The van der Waals surface area contributed by atoms with Gasteiger partial charge in [0.25, 0.3) is 0 Å². The minimum Gasteiger partial charge on any atom is -0.311 e. The molecule has 1 saturated heterocycles. The average molecular weight is 242 g/mol. The number of benzene rings is 1. The quantitative estimate of drug-likeness (QED) is 0.837. The molecule has 0 bridgehead atoms. The van der Waals surface area contributed by atoms with Crippen LogP contribution in [-0.4, -0.2) is 12.6 Å². The summed E-state index contributed by atoms with van der Waals surface area (Å²) >= 11 is 0. The van der Waals surface area contributed by atoms with Gasteiger partial charge in [-0.15, -0.1) is 12.4 Å². The van der Waals surface area contributed by atoms with Crippen molar-refractivity contribution < 1.29 is 4.39 Å². The first-order valence-corrected chi connectivity index (χ1v) is 5.52. The highest BCUT2D eigenvalue weighted by Crippen LogP contribution is 2.11. The summed E-state index contributed by atoms with van der Waals surface area (Å²) in [5, 5.41) is 3.42. The fourth-order valence-corrected chi connectivity index (χ4v) is 1.88. The summed E-state index contributed by atoms with van der Waals surface area (Å²) in [7, 11) is 0. The molecule has 0 aromatic heterocycles. The minimum atomic E-state index is -0.172. The highest BCUT2D eigenvalue weighted by molar-refractivity contribution is 5.85. The maximum Gasteiger partial charge on any atom is 0.123 e. The van der Waals surface area contributed by atoms with Gasteiger partial charge in [0.2, 0.25) is 0 Å². The molecular formula is C13H17ClFN. The van der Waals surface area contributed by atoms with Gasteiger partial charge in [0.15, 0.2) is 0 Å². The van der Waals surface area contributed by atoms with Crippen molar-refractivity contribution in [1.82, 2.24) is 5.32 Å². The van der Waals surface area contributed by atoms with Gasteiger partial charge in [-0.25, -0.2) is 4.39 Å². The molecule has 3 heteroatoms. The van der Waals surface area contributed by atoms with Gasteiger partial charge in [-0.3, -0.25) is 0 Å². The second-order valence-corrected chi connectivity index (χ2v) is 3.97. The van der Waals surface area contributed by atoms with Gasteiger partial charge in [0.1, 0.15) is 5.82 Å². The lowest BCUT2D eigenvalue weighted by molar-refractivity contribution is 0.455. The highest BCUT2D eigenvalue weighted by Gasteiger charge is 2.08. The van der Waals surface area contributed by atoms with E-state index in [1.165, 1.54) is 25.3 Å². The minimum absolute atomic E-state index is 0. The van der Waals surface area contributed by atoms with Crippen LogP contribution in [0.5, 0.6) is 0 Å². The van der Waals surface area contributed by atoms with E-state index in [2.05, 4.69) is 11.4 Å². The lowest BCUT2D eigenvalue weighted by Crippen LogP contribution is -2.31. The van der Waals surface area contributed by atoms with E-state index in [0.717, 1.165) is 12.1 Å². The zero-order chi connectivity index (χ0) is 10.5. The molecule has 0 saturated carbocycles. The van der Waals surface area contributed by atoms with Gasteiger partial charge in [-0.1, -0.05) is 30.7 Å². The number of halogens is 2. The highest BCUT2D eigenvalue weighted by atomic mass is 35.5. The Labute approximate surface area is 102 Å². The maximum atomic E-state index is 12.9. The van der Waals surface area contributed by atoms with Crippen LogP contribution >= 0.6 is 12.4 Å². The van der Waals surface area contributed by atoms with Crippen LogP contribution in [0.2, 0.25) is 0 Å². The van der Waals surface area contributed by atoms with Crippen molar-refractivity contribution in [3.05, 3.63) is 41.7 Å². The van der Waals surface area contributed by atoms with Crippen LogP contribution in [0.4, 0.5) is 4.39 Å². The van der Waals surface area contributed by atoms with Gasteiger partial charge in [-0.2, -0.15) is 0 Å². The lowest BCUT2D eigenvalue weighted by Gasteiger charge is -2.19. The molecule has 1 aromatic carbocycles. The van der Waals surface area contributed by atoms with Crippen LogP contribution in [0.25, 0.3) is 6.08 Å². The van der Waals surface area contributed by atoms with E-state index in [-0.39, 0.29) is 18.2 Å². The molecule has 1 atom stereocenters. The Morgan fingerprint density at radius 1 is 1.31 bits per heavy atom. The molecule has 0 spiro atoms. The smallest absolute Gasteiger partial charge is 0.123 e. The van der Waals surface area contributed by atoms with Crippen LogP contribution in [0.3, 0.4) is 0 Å². The molecule has 1 aliphatic heterocycles. The van der Waals surface area contributed by atoms with Crippen LogP contribution in [0, 0.1) is 5.82 Å². The molecule has 1 aliphatic rings. The summed E-state index contributed by atoms with van der Waals surface area (Å²) in [6, 6.07) is 7.14. The first kappa shape index (κ1) is 13.2. The van der Waals surface area contributed by atoms with Gasteiger partial charge in [0.05, 0.1) is 0 Å². The summed E-state index contributed by atoms with van der Waals surface area (Å²) in [6.07, 6.45) is 7.86. The summed E-state index contributed by atoms with van der Waals surface area (Å²) < 4.78 is 12.9. The van der Waals surface area contributed by atoms with E-state index in [0.29, 0.717) is 6.04 Å². The van der Waals surface area contributed by atoms with Crippen molar-refractivity contribution in [2.24, 2.45) is 0 Å². The first-order valence-electron chi connectivity index (χ1n) is 5.52. The van der Waals surface area contributed by atoms with E-state index in [4.69, 9.17) is 0 Å². The first-order chi connectivity index (χ1) is 7.34. The number of hydrogen-bond acceptors (Lipinski definition) is 1. The molecular weight excluding hydrogens is 225 g/mol. The van der Waals surface area contributed by atoms with Crippen LogP contribution in [0.15, 0.2) is 30.3 Å². The van der Waals surface area contributed by atoms with E-state index in [1.807, 2.05) is 12.1 Å². The van der Waals surface area contributed by atoms with E-state index in [9.17, 15) is 4.39 Å². The van der Waals surface area contributed by atoms with Crippen molar-refractivity contribution >= 4 is 18.5 Å². The van der Waals surface area contributed by atoms with Gasteiger partial charge < -0.3 is 5.32 Å². The van der Waals surface area contributed by atoms with Crippen LogP contribution in [0.1, 0.15) is 24.8 Å². The van der Waals surface area contributed by atoms with Gasteiger partial charge in [0, 0.05) is 6.04 Å². The second-order valence-electron chi connectivity index (χ2n) is 3.97. The monoisotopic (exact) mass is 241 g/mol. The summed E-state index contributed by atoms with van der Waals surface area (Å²) in [6.45, 7) is 1.10. The van der Waals surface area contributed by atoms with Crippen molar-refractivity contribution in [2.75, 3.05) is 6.54 Å². The van der Waals surface area contributed by atoms with Gasteiger partial charge in [-0.05, 0) is 37.1 Å². The molecule has 1 nitrogen and oxygen atoms in total. The Bertz CT molecular complexity index is 346. The van der Waals surface area contributed by atoms with Crippen molar-refractivity contribution in [2.45, 2.75) is 25.3 Å². The van der Waals surface area contributed by atoms with Crippen LogP contribution in [-0.2, 0) is 0 Å². The van der Waals surface area contributed by atoms with E-state index < -0.39 is 0 Å². The topological polar surface area (TPSA) is 12.0 Å². The fourth-order valence-electron chi connectivity index (χ4n) is 1.88. The van der Waals surface area contributed by atoms with Crippen LogP contribution < -0.4 is 5.32 Å². The molecule has 88 valence electrons. The Kier molecular flexibility index (Phi) is 5.50. The Hall–Kier alpha value is -0.860. The Morgan fingerprint density at radius 3 is 2.88 bits per heavy atom. The third kappa shape index (κ3) is 3.95. The average Bonchev–Trinajstić information content (AvgIpc) is 2.28. The van der Waals surface area contributed by atoms with Gasteiger partial charge >= 0.3 is 0 Å². The molecule has 1 heterocycles. The van der Waals surface area contributed by atoms with E-state index >= 15 is 0 Å². The maximum absolute atomic E-state index is 12.9. The number of piperidine rings is 1. The molecule has 1 N–H and O–H groups in total. The van der Waals surface area contributed by atoms with Crippen molar-refractivity contribution in [1.29, 1.82) is 0 Å². The summed E-state index contributed by atoms with van der Waals surface area (Å²) in [5.74, 6) is -0.172. The SMILES string of the molecule is Cl.Fc1cccc(/C=C/C2CCCCN2)c1. The Balaban J connectivity index is 0.00000128. The molecule has 1 aromatic rings. The predicted octanol–water partition coefficient (Wildman–Crippen LogP) is 3.40. The molecule has 1 unspecified atom stereocenters. The fraction of sp³-hybridized carbons (Fsp3) is 0.385. The molecule has 0 aliphatic carbocycles. The summed E-state index contributed by atoms with van der Waals surface area (Å²) in [5.41, 5.74) is 0.933. The number of nitrogens with one attached hydrogen (secondary N) is 1. The second kappa shape index (κ2) is 6.66. The lowest BCUT2D eigenvalue weighted by atomic mass is 10.0. The summed E-state index contributed by atoms with van der Waals surface area (Å²) in [4.78, 5) is 0. The largest absolute Gasteiger partial charge is 0.311 e. The molecule has 1 fully saturated rings. The van der Waals surface area contributed by atoms with Crippen molar-refractivity contribution in [3.63, 3.8) is 0 Å². The third-order valence-corrected chi connectivity index (χ3v) is 2.72. The number of hydrogen-bond donors (Lipinski definition) is 1. The standard InChI is InChI=1S/C13H16FN.ClH/c14-12-5-3-4-11(10-12)7-8-13-6-1-2-9-15-13;/h3-5,7-8,10,13,15H,1-2,6,9H2;1H/b8-7+;. The molecule has 0 radical (unpaired) electrons.